The van der Waals surface area contributed by atoms with Crippen LogP contribution in [0.1, 0.15) is 44.9 Å². The molecule has 4 amide bonds. The average Bonchev–Trinajstić information content (AvgIpc) is 2.69. The van der Waals surface area contributed by atoms with Crippen molar-refractivity contribution in [3.8, 4) is 0 Å². The third-order valence-corrected chi connectivity index (χ3v) is 4.21. The van der Waals surface area contributed by atoms with Crippen LogP contribution in [0.3, 0.4) is 0 Å². The minimum atomic E-state index is -0.755. The Morgan fingerprint density at radius 2 is 1.91 bits per heavy atom. The van der Waals surface area contributed by atoms with Crippen molar-refractivity contribution in [2.45, 2.75) is 50.5 Å². The molecule has 8 heteroatoms. The number of unbranched alkanes of at least 4 members (excludes halogenated alkanes) is 1. The number of nitrogens with zero attached hydrogens (tertiary/aromatic N) is 1. The number of hydrogen-bond donors (Lipinski definition) is 3. The van der Waals surface area contributed by atoms with Gasteiger partial charge in [-0.1, -0.05) is 19.3 Å². The highest BCUT2D eigenvalue weighted by Gasteiger charge is 2.51. The fourth-order valence-electron chi connectivity index (χ4n) is 3.01. The van der Waals surface area contributed by atoms with Crippen molar-refractivity contribution >= 4 is 30.3 Å². The second kappa shape index (κ2) is 8.33. The summed E-state index contributed by atoms with van der Waals surface area (Å²) in [7, 11) is 0. The molecule has 1 heterocycles. The zero-order valence-electron chi connectivity index (χ0n) is 12.7. The van der Waals surface area contributed by atoms with Crippen molar-refractivity contribution in [3.05, 3.63) is 0 Å². The van der Waals surface area contributed by atoms with Crippen LogP contribution in [0.2, 0.25) is 0 Å². The molecule has 0 aromatic heterocycles. The summed E-state index contributed by atoms with van der Waals surface area (Å²) >= 11 is 0. The van der Waals surface area contributed by atoms with Gasteiger partial charge in [-0.15, -0.1) is 12.4 Å². The molecule has 7 nitrogen and oxygen atoms in total. The van der Waals surface area contributed by atoms with E-state index in [1.165, 1.54) is 0 Å². The first-order chi connectivity index (χ1) is 10.1. The Bertz CT molecular complexity index is 424. The second-order valence-electron chi connectivity index (χ2n) is 5.81. The van der Waals surface area contributed by atoms with Crippen LogP contribution in [0, 0.1) is 0 Å². The summed E-state index contributed by atoms with van der Waals surface area (Å²) in [5.41, 5.74) is 4.62. The van der Waals surface area contributed by atoms with E-state index >= 15 is 0 Å². The van der Waals surface area contributed by atoms with E-state index in [9.17, 15) is 14.4 Å². The van der Waals surface area contributed by atoms with Gasteiger partial charge >= 0.3 is 6.03 Å². The van der Waals surface area contributed by atoms with Gasteiger partial charge in [-0.05, 0) is 32.2 Å². The van der Waals surface area contributed by atoms with Gasteiger partial charge in [0.2, 0.25) is 5.91 Å². The Morgan fingerprint density at radius 3 is 2.55 bits per heavy atom. The largest absolute Gasteiger partial charge is 0.355 e. The van der Waals surface area contributed by atoms with Gasteiger partial charge in [-0.25, -0.2) is 4.79 Å². The van der Waals surface area contributed by atoms with E-state index in [-0.39, 0.29) is 30.8 Å². The number of carbonyl (C=O) groups is 3. The Labute approximate surface area is 136 Å². The molecule has 0 aromatic rings. The Kier molecular flexibility index (Phi) is 7.09. The van der Waals surface area contributed by atoms with Crippen LogP contribution < -0.4 is 16.4 Å². The second-order valence-corrected chi connectivity index (χ2v) is 5.81. The minimum Gasteiger partial charge on any atom is -0.355 e. The minimum absolute atomic E-state index is 0. The molecule has 0 bridgehead atoms. The van der Waals surface area contributed by atoms with Crippen molar-refractivity contribution in [2.75, 3.05) is 19.6 Å². The third-order valence-electron chi connectivity index (χ3n) is 4.21. The van der Waals surface area contributed by atoms with Gasteiger partial charge in [-0.2, -0.15) is 0 Å². The number of nitrogens with one attached hydrogen (secondary N) is 2. The number of imide groups is 1. The summed E-state index contributed by atoms with van der Waals surface area (Å²) < 4.78 is 0. The zero-order valence-corrected chi connectivity index (χ0v) is 13.5. The molecule has 0 atom stereocenters. The Morgan fingerprint density at radius 1 is 1.23 bits per heavy atom. The maximum atomic E-state index is 12.5. The summed E-state index contributed by atoms with van der Waals surface area (Å²) in [4.78, 5) is 37.3. The van der Waals surface area contributed by atoms with Gasteiger partial charge in [0.05, 0.1) is 0 Å². The molecule has 2 aliphatic rings. The molecule has 2 rings (SSSR count). The predicted octanol–water partition coefficient (Wildman–Crippen LogP) is 0.518. The summed E-state index contributed by atoms with van der Waals surface area (Å²) in [6.07, 6.45) is 5.94. The number of hydrogen-bond acceptors (Lipinski definition) is 4. The van der Waals surface area contributed by atoms with Crippen LogP contribution in [0.15, 0.2) is 0 Å². The van der Waals surface area contributed by atoms with Crippen molar-refractivity contribution in [2.24, 2.45) is 5.73 Å². The number of amides is 4. The first-order valence-electron chi connectivity index (χ1n) is 7.70. The smallest absolute Gasteiger partial charge is 0.325 e. The van der Waals surface area contributed by atoms with Gasteiger partial charge in [-0.3, -0.25) is 14.5 Å². The lowest BCUT2D eigenvalue weighted by molar-refractivity contribution is -0.135. The maximum absolute atomic E-state index is 12.5. The van der Waals surface area contributed by atoms with Crippen LogP contribution in [0.25, 0.3) is 0 Å². The summed E-state index contributed by atoms with van der Waals surface area (Å²) in [6, 6.07) is -0.445. The highest BCUT2D eigenvalue weighted by molar-refractivity contribution is 6.09. The Hall–Kier alpha value is -1.34. The predicted molar refractivity (Wildman–Crippen MR) is 84.6 cm³/mol. The van der Waals surface area contributed by atoms with E-state index in [0.717, 1.165) is 37.0 Å². The van der Waals surface area contributed by atoms with E-state index in [1.807, 2.05) is 0 Å². The van der Waals surface area contributed by atoms with Crippen molar-refractivity contribution in [1.82, 2.24) is 15.5 Å². The van der Waals surface area contributed by atoms with Gasteiger partial charge < -0.3 is 16.4 Å². The van der Waals surface area contributed by atoms with Crippen LogP contribution in [0.4, 0.5) is 4.79 Å². The molecule has 0 radical (unpaired) electrons. The quantitative estimate of drug-likeness (QED) is 0.487. The molecular weight excluding hydrogens is 308 g/mol. The number of rotatable bonds is 6. The lowest BCUT2D eigenvalue weighted by atomic mass is 9.82. The van der Waals surface area contributed by atoms with Crippen molar-refractivity contribution in [1.29, 1.82) is 0 Å². The van der Waals surface area contributed by atoms with E-state index < -0.39 is 11.6 Å². The van der Waals surface area contributed by atoms with Crippen LogP contribution in [-0.4, -0.2) is 47.9 Å². The highest BCUT2D eigenvalue weighted by Crippen LogP contribution is 2.33. The van der Waals surface area contributed by atoms with Gasteiger partial charge in [0.15, 0.2) is 0 Å². The summed E-state index contributed by atoms with van der Waals surface area (Å²) in [5.74, 6) is -0.548. The SMILES string of the molecule is Cl.NCCCCNC(=O)CN1C(=O)NC2(CCCCC2)C1=O. The topological polar surface area (TPSA) is 105 Å². The Balaban J connectivity index is 0.00000242. The van der Waals surface area contributed by atoms with Gasteiger partial charge in [0.25, 0.3) is 5.91 Å². The molecule has 1 saturated carbocycles. The third kappa shape index (κ3) is 4.10. The maximum Gasteiger partial charge on any atom is 0.325 e. The van der Waals surface area contributed by atoms with Crippen molar-refractivity contribution < 1.29 is 14.4 Å². The molecule has 126 valence electrons. The molecule has 4 N–H and O–H groups in total. The van der Waals surface area contributed by atoms with E-state index in [4.69, 9.17) is 5.73 Å². The molecule has 0 unspecified atom stereocenters. The fourth-order valence-corrected chi connectivity index (χ4v) is 3.01. The average molecular weight is 333 g/mol. The molecule has 2 fully saturated rings. The summed E-state index contributed by atoms with van der Waals surface area (Å²) in [5, 5.41) is 5.50. The molecular formula is C14H25ClN4O3. The van der Waals surface area contributed by atoms with E-state index in [0.29, 0.717) is 25.9 Å². The molecule has 1 spiro atoms. The number of carbonyl (C=O) groups excluding carboxylic acids is 3. The number of urea groups is 1. The molecule has 1 aliphatic carbocycles. The van der Waals surface area contributed by atoms with E-state index in [2.05, 4.69) is 10.6 Å². The summed E-state index contributed by atoms with van der Waals surface area (Å²) in [6.45, 7) is 0.908. The first-order valence-corrected chi connectivity index (χ1v) is 7.70. The fraction of sp³-hybridized carbons (Fsp3) is 0.786. The van der Waals surface area contributed by atoms with Gasteiger partial charge in [0.1, 0.15) is 12.1 Å². The standard InChI is InChI=1S/C14H24N4O3.ClH/c15-8-4-5-9-16-11(19)10-18-12(20)14(17-13(18)21)6-2-1-3-7-14;/h1-10,15H2,(H,16,19)(H,17,21);1H. The molecule has 1 aliphatic heterocycles. The number of halogens is 1. The molecule has 1 saturated heterocycles. The van der Waals surface area contributed by atoms with E-state index in [1.54, 1.807) is 0 Å². The van der Waals surface area contributed by atoms with Crippen molar-refractivity contribution in [3.63, 3.8) is 0 Å². The monoisotopic (exact) mass is 332 g/mol. The first kappa shape index (κ1) is 18.7. The number of nitrogens with two attached hydrogens (primary N) is 1. The van der Waals surface area contributed by atoms with Gasteiger partial charge in [0, 0.05) is 6.54 Å². The highest BCUT2D eigenvalue weighted by atomic mass is 35.5. The lowest BCUT2D eigenvalue weighted by Crippen LogP contribution is -2.49. The normalized spacial score (nSPS) is 19.8. The van der Waals surface area contributed by atoms with Crippen LogP contribution >= 0.6 is 12.4 Å². The lowest BCUT2D eigenvalue weighted by Gasteiger charge is -2.30. The molecule has 0 aromatic carbocycles. The molecule has 22 heavy (non-hydrogen) atoms. The van der Waals surface area contributed by atoms with Crippen LogP contribution in [0.5, 0.6) is 0 Å². The zero-order chi connectivity index (χ0) is 15.3. The van der Waals surface area contributed by atoms with Crippen LogP contribution in [-0.2, 0) is 9.59 Å².